The molecule has 96 valence electrons. The van der Waals surface area contributed by atoms with Gasteiger partial charge in [-0.1, -0.05) is 29.3 Å². The second-order valence-corrected chi connectivity index (χ2v) is 7.20. The average Bonchev–Trinajstić information content (AvgIpc) is 2.73. The van der Waals surface area contributed by atoms with Gasteiger partial charge in [0.2, 0.25) is 0 Å². The first-order valence-corrected chi connectivity index (χ1v) is 8.50. The highest BCUT2D eigenvalue weighted by Gasteiger charge is 2.11. The van der Waals surface area contributed by atoms with Crippen molar-refractivity contribution in [3.05, 3.63) is 20.8 Å². The number of rotatable bonds is 7. The van der Waals surface area contributed by atoms with Crippen molar-refractivity contribution < 1.29 is 4.79 Å². The molecule has 1 heterocycles. The zero-order chi connectivity index (χ0) is 12.7. The molecule has 1 amide bonds. The van der Waals surface area contributed by atoms with Crippen LogP contribution < -0.4 is 5.32 Å². The first-order valence-electron chi connectivity index (χ1n) is 5.76. The maximum atomic E-state index is 11.8. The predicted molar refractivity (Wildman–Crippen MR) is 81.2 cm³/mol. The van der Waals surface area contributed by atoms with Crippen LogP contribution in [0.25, 0.3) is 0 Å². The molecule has 0 spiro atoms. The SMILES string of the molecule is CCCC(CCBr)CNC(=O)c1ccc(Br)s1. The second-order valence-electron chi connectivity index (χ2n) is 3.95. The van der Waals surface area contributed by atoms with Gasteiger partial charge in [-0.15, -0.1) is 11.3 Å². The Bertz CT molecular complexity index is 348. The predicted octanol–water partition coefficient (Wildman–Crippen LogP) is 4.44. The fourth-order valence-corrected chi connectivity index (χ4v) is 3.62. The summed E-state index contributed by atoms with van der Waals surface area (Å²) in [5, 5.41) is 4.01. The average molecular weight is 383 g/mol. The molecular formula is C12H17Br2NOS. The van der Waals surface area contributed by atoms with E-state index < -0.39 is 0 Å². The number of nitrogens with one attached hydrogen (secondary N) is 1. The number of hydrogen-bond acceptors (Lipinski definition) is 2. The monoisotopic (exact) mass is 381 g/mol. The fourth-order valence-electron chi connectivity index (χ4n) is 1.67. The molecule has 1 N–H and O–H groups in total. The van der Waals surface area contributed by atoms with Crippen LogP contribution in [-0.2, 0) is 0 Å². The smallest absolute Gasteiger partial charge is 0.261 e. The minimum absolute atomic E-state index is 0.0383. The summed E-state index contributed by atoms with van der Waals surface area (Å²) in [6, 6.07) is 3.75. The largest absolute Gasteiger partial charge is 0.351 e. The van der Waals surface area contributed by atoms with Crippen molar-refractivity contribution in [3.8, 4) is 0 Å². The molecule has 0 fully saturated rings. The summed E-state index contributed by atoms with van der Waals surface area (Å²) in [5.74, 6) is 0.614. The molecule has 0 aliphatic heterocycles. The molecule has 0 aliphatic rings. The Kier molecular flexibility index (Phi) is 7.39. The number of thiophene rings is 1. The summed E-state index contributed by atoms with van der Waals surface area (Å²) in [6.07, 6.45) is 3.44. The van der Waals surface area contributed by atoms with Crippen LogP contribution in [0.1, 0.15) is 35.9 Å². The minimum Gasteiger partial charge on any atom is -0.351 e. The molecule has 0 aliphatic carbocycles. The van der Waals surface area contributed by atoms with E-state index in [1.165, 1.54) is 17.8 Å². The third-order valence-electron chi connectivity index (χ3n) is 2.56. The van der Waals surface area contributed by atoms with Gasteiger partial charge in [0.25, 0.3) is 5.91 Å². The molecule has 1 aromatic rings. The quantitative estimate of drug-likeness (QED) is 0.693. The number of carbonyl (C=O) groups excluding carboxylic acids is 1. The van der Waals surface area contributed by atoms with E-state index >= 15 is 0 Å². The lowest BCUT2D eigenvalue weighted by Gasteiger charge is -2.15. The van der Waals surface area contributed by atoms with Crippen molar-refractivity contribution >= 4 is 49.1 Å². The number of amides is 1. The van der Waals surface area contributed by atoms with Crippen LogP contribution in [0.15, 0.2) is 15.9 Å². The third-order valence-corrected chi connectivity index (χ3v) is 4.64. The van der Waals surface area contributed by atoms with Crippen LogP contribution in [0.3, 0.4) is 0 Å². The van der Waals surface area contributed by atoms with E-state index in [0.29, 0.717) is 5.92 Å². The molecule has 0 bridgehead atoms. The van der Waals surface area contributed by atoms with Gasteiger partial charge in [-0.2, -0.15) is 0 Å². The highest BCUT2D eigenvalue weighted by Crippen LogP contribution is 2.22. The van der Waals surface area contributed by atoms with Gasteiger partial charge in [0.15, 0.2) is 0 Å². The van der Waals surface area contributed by atoms with Gasteiger partial charge in [0.1, 0.15) is 0 Å². The number of hydrogen-bond donors (Lipinski definition) is 1. The van der Waals surface area contributed by atoms with E-state index in [0.717, 1.165) is 33.4 Å². The Labute approximate surface area is 123 Å². The van der Waals surface area contributed by atoms with Crippen LogP contribution in [-0.4, -0.2) is 17.8 Å². The van der Waals surface area contributed by atoms with Gasteiger partial charge in [0, 0.05) is 11.9 Å². The summed E-state index contributed by atoms with van der Waals surface area (Å²) >= 11 is 8.29. The van der Waals surface area contributed by atoms with E-state index in [1.807, 2.05) is 12.1 Å². The topological polar surface area (TPSA) is 29.1 Å². The first-order chi connectivity index (χ1) is 8.17. The maximum Gasteiger partial charge on any atom is 0.261 e. The Morgan fingerprint density at radius 1 is 1.47 bits per heavy atom. The van der Waals surface area contributed by atoms with Crippen molar-refractivity contribution in [2.24, 2.45) is 5.92 Å². The molecule has 1 unspecified atom stereocenters. The van der Waals surface area contributed by atoms with Crippen LogP contribution in [0.2, 0.25) is 0 Å². The molecule has 0 saturated heterocycles. The molecule has 2 nitrogen and oxygen atoms in total. The molecule has 1 aromatic heterocycles. The molecule has 1 atom stereocenters. The number of carbonyl (C=O) groups is 1. The van der Waals surface area contributed by atoms with Crippen molar-refractivity contribution in [1.29, 1.82) is 0 Å². The van der Waals surface area contributed by atoms with Crippen LogP contribution in [0.4, 0.5) is 0 Å². The fraction of sp³-hybridized carbons (Fsp3) is 0.583. The van der Waals surface area contributed by atoms with E-state index in [2.05, 4.69) is 44.1 Å². The van der Waals surface area contributed by atoms with Crippen LogP contribution in [0.5, 0.6) is 0 Å². The third kappa shape index (κ3) is 5.53. The van der Waals surface area contributed by atoms with E-state index in [-0.39, 0.29) is 5.91 Å². The van der Waals surface area contributed by atoms with Gasteiger partial charge in [0.05, 0.1) is 8.66 Å². The normalized spacial score (nSPS) is 12.4. The van der Waals surface area contributed by atoms with Gasteiger partial charge >= 0.3 is 0 Å². The lowest BCUT2D eigenvalue weighted by atomic mass is 10.0. The lowest BCUT2D eigenvalue weighted by Crippen LogP contribution is -2.28. The van der Waals surface area contributed by atoms with Crippen LogP contribution in [0, 0.1) is 5.92 Å². The lowest BCUT2D eigenvalue weighted by molar-refractivity contribution is 0.0950. The van der Waals surface area contributed by atoms with Crippen molar-refractivity contribution in [1.82, 2.24) is 5.32 Å². The molecule has 0 aromatic carbocycles. The summed E-state index contributed by atoms with van der Waals surface area (Å²) in [7, 11) is 0. The zero-order valence-corrected chi connectivity index (χ0v) is 13.8. The van der Waals surface area contributed by atoms with Crippen molar-refractivity contribution in [2.45, 2.75) is 26.2 Å². The first kappa shape index (κ1) is 15.2. The van der Waals surface area contributed by atoms with Gasteiger partial charge in [-0.25, -0.2) is 0 Å². The molecule has 17 heavy (non-hydrogen) atoms. The molecule has 0 radical (unpaired) electrons. The molecule has 5 heteroatoms. The highest BCUT2D eigenvalue weighted by molar-refractivity contribution is 9.11. The number of alkyl halides is 1. The Morgan fingerprint density at radius 2 is 2.24 bits per heavy atom. The standard InChI is InChI=1S/C12H17Br2NOS/c1-2-3-9(6-7-13)8-15-12(16)10-4-5-11(14)17-10/h4-5,9H,2-3,6-8H2,1H3,(H,15,16). The minimum atomic E-state index is 0.0383. The summed E-state index contributed by atoms with van der Waals surface area (Å²) in [4.78, 5) is 12.6. The summed E-state index contributed by atoms with van der Waals surface area (Å²) in [6.45, 7) is 2.95. The second kappa shape index (κ2) is 8.27. The van der Waals surface area contributed by atoms with Crippen molar-refractivity contribution in [2.75, 3.05) is 11.9 Å². The van der Waals surface area contributed by atoms with Gasteiger partial charge < -0.3 is 5.32 Å². The molecule has 1 rings (SSSR count). The van der Waals surface area contributed by atoms with Gasteiger partial charge in [-0.05, 0) is 46.8 Å². The highest BCUT2D eigenvalue weighted by atomic mass is 79.9. The van der Waals surface area contributed by atoms with E-state index in [1.54, 1.807) is 0 Å². The maximum absolute atomic E-state index is 11.8. The molecular weight excluding hydrogens is 366 g/mol. The molecule has 0 saturated carbocycles. The summed E-state index contributed by atoms with van der Waals surface area (Å²) in [5.41, 5.74) is 0. The Hall–Kier alpha value is 0.130. The Balaban J connectivity index is 2.40. The van der Waals surface area contributed by atoms with Gasteiger partial charge in [-0.3, -0.25) is 4.79 Å². The summed E-state index contributed by atoms with van der Waals surface area (Å²) < 4.78 is 0.994. The number of halogens is 2. The Morgan fingerprint density at radius 3 is 2.76 bits per heavy atom. The zero-order valence-electron chi connectivity index (χ0n) is 9.84. The van der Waals surface area contributed by atoms with E-state index in [9.17, 15) is 4.79 Å². The van der Waals surface area contributed by atoms with Crippen molar-refractivity contribution in [3.63, 3.8) is 0 Å². The van der Waals surface area contributed by atoms with E-state index in [4.69, 9.17) is 0 Å². The van der Waals surface area contributed by atoms with Crippen LogP contribution >= 0.6 is 43.2 Å².